The van der Waals surface area contributed by atoms with E-state index in [1.54, 1.807) is 29.4 Å². The Bertz CT molecular complexity index is 1110. The molecule has 0 aliphatic heterocycles. The minimum Gasteiger partial charge on any atom is -0.279 e. The highest BCUT2D eigenvalue weighted by atomic mass is 35.5. The third kappa shape index (κ3) is 3.70. The highest BCUT2D eigenvalue weighted by Crippen LogP contribution is 2.32. The van der Waals surface area contributed by atoms with Crippen molar-refractivity contribution in [3.05, 3.63) is 88.7 Å². The molecule has 2 aromatic carbocycles. The summed E-state index contributed by atoms with van der Waals surface area (Å²) in [5.41, 5.74) is 3.42. The van der Waals surface area contributed by atoms with Crippen LogP contribution >= 0.6 is 22.9 Å². The van der Waals surface area contributed by atoms with Crippen LogP contribution in [0, 0.1) is 6.92 Å². The Hall–Kier alpha value is -2.76. The number of carbonyl (C=O) groups excluding carboxylic acids is 1. The van der Waals surface area contributed by atoms with Crippen LogP contribution < -0.4 is 4.90 Å². The zero-order valence-corrected chi connectivity index (χ0v) is 16.2. The quantitative estimate of drug-likeness (QED) is 0.460. The molecule has 0 saturated carbocycles. The standard InChI is InChI=1S/C21H16ClN3OS/c1-14-8-9-18-19(11-14)27-21(24-18)25(13-15-5-4-10-23-12-15)20(26)16-6-2-3-7-17(16)22/h2-12H,13H2,1H3. The number of hydrogen-bond donors (Lipinski definition) is 0. The van der Waals surface area contributed by atoms with Crippen LogP contribution in [-0.4, -0.2) is 15.9 Å². The molecule has 0 unspecified atom stereocenters. The summed E-state index contributed by atoms with van der Waals surface area (Å²) in [4.78, 5) is 23.8. The molecule has 0 radical (unpaired) electrons. The van der Waals surface area contributed by atoms with Gasteiger partial charge in [-0.05, 0) is 48.4 Å². The van der Waals surface area contributed by atoms with Gasteiger partial charge in [-0.15, -0.1) is 0 Å². The third-order valence-corrected chi connectivity index (χ3v) is 5.55. The Labute approximate surface area is 166 Å². The molecule has 0 bridgehead atoms. The molecule has 0 atom stereocenters. The van der Waals surface area contributed by atoms with E-state index in [1.165, 1.54) is 11.3 Å². The van der Waals surface area contributed by atoms with Crippen LogP contribution in [0.5, 0.6) is 0 Å². The van der Waals surface area contributed by atoms with E-state index in [4.69, 9.17) is 11.6 Å². The number of carbonyl (C=O) groups is 1. The highest BCUT2D eigenvalue weighted by molar-refractivity contribution is 7.22. The number of rotatable bonds is 4. The monoisotopic (exact) mass is 393 g/mol. The summed E-state index contributed by atoms with van der Waals surface area (Å²) in [6.07, 6.45) is 3.47. The van der Waals surface area contributed by atoms with E-state index in [0.717, 1.165) is 21.3 Å². The van der Waals surface area contributed by atoms with Gasteiger partial charge in [0, 0.05) is 12.4 Å². The average Bonchev–Trinajstić information content (AvgIpc) is 3.09. The van der Waals surface area contributed by atoms with E-state index < -0.39 is 0 Å². The Balaban J connectivity index is 1.79. The van der Waals surface area contributed by atoms with Gasteiger partial charge in [-0.2, -0.15) is 0 Å². The van der Waals surface area contributed by atoms with Crippen LogP contribution in [0.25, 0.3) is 10.2 Å². The fraction of sp³-hybridized carbons (Fsp3) is 0.0952. The molecule has 4 aromatic rings. The molecule has 0 aliphatic carbocycles. The second kappa shape index (κ2) is 7.47. The van der Waals surface area contributed by atoms with Crippen LogP contribution in [-0.2, 0) is 6.54 Å². The lowest BCUT2D eigenvalue weighted by molar-refractivity contribution is 0.0985. The fourth-order valence-electron chi connectivity index (χ4n) is 2.82. The van der Waals surface area contributed by atoms with Gasteiger partial charge in [0.2, 0.25) is 0 Å². The fourth-order valence-corrected chi connectivity index (χ4v) is 4.09. The summed E-state index contributed by atoms with van der Waals surface area (Å²) in [5.74, 6) is -0.180. The molecule has 0 N–H and O–H groups in total. The van der Waals surface area contributed by atoms with Gasteiger partial charge < -0.3 is 0 Å². The maximum absolute atomic E-state index is 13.3. The SMILES string of the molecule is Cc1ccc2nc(N(Cc3cccnc3)C(=O)c3ccccc3Cl)sc2c1. The number of fused-ring (bicyclic) bond motifs is 1. The van der Waals surface area contributed by atoms with E-state index in [9.17, 15) is 4.79 Å². The molecule has 4 nitrogen and oxygen atoms in total. The number of aryl methyl sites for hydroxylation is 1. The van der Waals surface area contributed by atoms with Gasteiger partial charge in [0.15, 0.2) is 5.13 Å². The zero-order chi connectivity index (χ0) is 18.8. The van der Waals surface area contributed by atoms with Gasteiger partial charge in [0.25, 0.3) is 5.91 Å². The van der Waals surface area contributed by atoms with Crippen LogP contribution in [0.4, 0.5) is 5.13 Å². The van der Waals surface area contributed by atoms with Crippen LogP contribution in [0.2, 0.25) is 5.02 Å². The predicted octanol–water partition coefficient (Wildman–Crippen LogP) is 5.50. The van der Waals surface area contributed by atoms with Gasteiger partial charge in [0.05, 0.1) is 27.3 Å². The molecule has 0 fully saturated rings. The summed E-state index contributed by atoms with van der Waals surface area (Å²) >= 11 is 7.77. The van der Waals surface area contributed by atoms with Crippen molar-refractivity contribution in [3.63, 3.8) is 0 Å². The molecule has 6 heteroatoms. The van der Waals surface area contributed by atoms with Gasteiger partial charge in [-0.1, -0.05) is 47.2 Å². The van der Waals surface area contributed by atoms with Crippen molar-refractivity contribution in [2.24, 2.45) is 0 Å². The zero-order valence-electron chi connectivity index (χ0n) is 14.6. The number of anilines is 1. The van der Waals surface area contributed by atoms with Crippen molar-refractivity contribution in [1.82, 2.24) is 9.97 Å². The van der Waals surface area contributed by atoms with Gasteiger partial charge in [-0.25, -0.2) is 4.98 Å². The first-order valence-corrected chi connectivity index (χ1v) is 9.64. The second-order valence-corrected chi connectivity index (χ2v) is 7.62. The van der Waals surface area contributed by atoms with Crippen LogP contribution in [0.1, 0.15) is 21.5 Å². The summed E-state index contributed by atoms with van der Waals surface area (Å²) in [6, 6.07) is 17.0. The molecule has 27 heavy (non-hydrogen) atoms. The minimum atomic E-state index is -0.180. The molecule has 0 saturated heterocycles. The lowest BCUT2D eigenvalue weighted by Crippen LogP contribution is -2.30. The summed E-state index contributed by atoms with van der Waals surface area (Å²) in [7, 11) is 0. The van der Waals surface area contributed by atoms with E-state index >= 15 is 0 Å². The number of halogens is 1. The Morgan fingerprint density at radius 2 is 2.00 bits per heavy atom. The van der Waals surface area contributed by atoms with Crippen molar-refractivity contribution in [3.8, 4) is 0 Å². The normalized spacial score (nSPS) is 10.9. The topological polar surface area (TPSA) is 46.1 Å². The lowest BCUT2D eigenvalue weighted by atomic mass is 10.2. The number of pyridine rings is 1. The van der Waals surface area contributed by atoms with Crippen LogP contribution in [0.3, 0.4) is 0 Å². The van der Waals surface area contributed by atoms with E-state index in [-0.39, 0.29) is 5.91 Å². The largest absolute Gasteiger partial charge is 0.279 e. The molecule has 134 valence electrons. The number of hydrogen-bond acceptors (Lipinski definition) is 4. The van der Waals surface area contributed by atoms with Crippen LogP contribution in [0.15, 0.2) is 67.0 Å². The molecule has 0 spiro atoms. The molecular weight excluding hydrogens is 378 g/mol. The Morgan fingerprint density at radius 1 is 1.15 bits per heavy atom. The summed E-state index contributed by atoms with van der Waals surface area (Å²) in [5, 5.41) is 1.07. The van der Waals surface area contributed by atoms with Crippen molar-refractivity contribution in [2.45, 2.75) is 13.5 Å². The first kappa shape index (κ1) is 17.6. The van der Waals surface area contributed by atoms with E-state index in [2.05, 4.69) is 16.0 Å². The van der Waals surface area contributed by atoms with E-state index in [1.807, 2.05) is 43.3 Å². The summed E-state index contributed by atoms with van der Waals surface area (Å²) < 4.78 is 1.05. The average molecular weight is 394 g/mol. The predicted molar refractivity (Wildman–Crippen MR) is 111 cm³/mol. The third-order valence-electron chi connectivity index (χ3n) is 4.18. The van der Waals surface area contributed by atoms with Crippen molar-refractivity contribution in [2.75, 3.05) is 4.90 Å². The molecule has 0 aliphatic rings. The maximum atomic E-state index is 13.3. The molecule has 1 amide bonds. The number of aromatic nitrogens is 2. The Morgan fingerprint density at radius 3 is 2.78 bits per heavy atom. The first-order valence-electron chi connectivity index (χ1n) is 8.44. The number of thiazole rings is 1. The van der Waals surface area contributed by atoms with Crippen molar-refractivity contribution in [1.29, 1.82) is 0 Å². The maximum Gasteiger partial charge on any atom is 0.261 e. The van der Waals surface area contributed by atoms with Gasteiger partial charge in [-0.3, -0.25) is 14.7 Å². The minimum absolute atomic E-state index is 0.180. The number of amides is 1. The molecule has 2 heterocycles. The van der Waals surface area contributed by atoms with Crippen molar-refractivity contribution < 1.29 is 4.79 Å². The first-order chi connectivity index (χ1) is 13.1. The molecule has 2 aromatic heterocycles. The lowest BCUT2D eigenvalue weighted by Gasteiger charge is -2.20. The Kier molecular flexibility index (Phi) is 4.88. The number of nitrogens with zero attached hydrogens (tertiary/aromatic N) is 3. The second-order valence-electron chi connectivity index (χ2n) is 6.20. The molecule has 4 rings (SSSR count). The highest BCUT2D eigenvalue weighted by Gasteiger charge is 2.23. The van der Waals surface area contributed by atoms with Crippen molar-refractivity contribution >= 4 is 44.2 Å². The smallest absolute Gasteiger partial charge is 0.261 e. The van der Waals surface area contributed by atoms with Gasteiger partial charge >= 0.3 is 0 Å². The van der Waals surface area contributed by atoms with Gasteiger partial charge in [0.1, 0.15) is 0 Å². The summed E-state index contributed by atoms with van der Waals surface area (Å²) in [6.45, 7) is 2.41. The van der Waals surface area contributed by atoms with E-state index in [0.29, 0.717) is 22.3 Å². The molecular formula is C21H16ClN3OS. The number of benzene rings is 2.